The first-order valence-electron chi connectivity index (χ1n) is 8.00. The van der Waals surface area contributed by atoms with Crippen LogP contribution in [-0.4, -0.2) is 28.2 Å². The minimum atomic E-state index is -0.833. The first-order valence-corrected chi connectivity index (χ1v) is 9.63. The number of fused-ring (bicyclic) bond motifs is 1. The number of aryl methyl sites for hydroxylation is 3. The molecule has 0 saturated carbocycles. The summed E-state index contributed by atoms with van der Waals surface area (Å²) in [7, 11) is 0. The normalized spacial score (nSPS) is 14.8. The van der Waals surface area contributed by atoms with Crippen LogP contribution in [-0.2, 0) is 22.4 Å². The van der Waals surface area contributed by atoms with E-state index in [1.54, 1.807) is 0 Å². The molecule has 1 N–H and O–H groups in total. The van der Waals surface area contributed by atoms with Gasteiger partial charge in [-0.1, -0.05) is 18.3 Å². The number of anilines is 1. The molecule has 2 aromatic heterocycles. The zero-order chi connectivity index (χ0) is 17.1. The van der Waals surface area contributed by atoms with E-state index < -0.39 is 12.1 Å². The molecule has 0 aromatic carbocycles. The third-order valence-corrected chi connectivity index (χ3v) is 5.84. The number of hydrogen-bond acceptors (Lipinski definition) is 7. The van der Waals surface area contributed by atoms with E-state index in [1.807, 2.05) is 19.9 Å². The average Bonchev–Trinajstić information content (AvgIpc) is 3.18. The van der Waals surface area contributed by atoms with Crippen LogP contribution in [0.2, 0.25) is 0 Å². The van der Waals surface area contributed by atoms with Crippen LogP contribution in [0.1, 0.15) is 51.3 Å². The summed E-state index contributed by atoms with van der Waals surface area (Å²) in [4.78, 5) is 26.5. The summed E-state index contributed by atoms with van der Waals surface area (Å²) in [6.07, 6.45) is 3.96. The average molecular weight is 365 g/mol. The van der Waals surface area contributed by atoms with Gasteiger partial charge in [0, 0.05) is 4.88 Å². The molecule has 6 nitrogen and oxygen atoms in total. The van der Waals surface area contributed by atoms with Crippen LogP contribution in [0.25, 0.3) is 0 Å². The number of esters is 1. The Morgan fingerprint density at radius 3 is 2.75 bits per heavy atom. The number of carbonyl (C=O) groups excluding carboxylic acids is 2. The van der Waals surface area contributed by atoms with Crippen LogP contribution in [0.4, 0.5) is 5.13 Å². The smallest absolute Gasteiger partial charge is 0.349 e. The Hall–Kier alpha value is -1.80. The molecule has 3 rings (SSSR count). The van der Waals surface area contributed by atoms with Crippen molar-refractivity contribution in [2.75, 3.05) is 5.32 Å². The summed E-state index contributed by atoms with van der Waals surface area (Å²) in [5.41, 5.74) is 1.25. The summed E-state index contributed by atoms with van der Waals surface area (Å²) in [5.74, 6) is -0.798. The second-order valence-electron chi connectivity index (χ2n) is 5.68. The fourth-order valence-corrected chi connectivity index (χ4v) is 4.37. The maximum Gasteiger partial charge on any atom is 0.349 e. The van der Waals surface area contributed by atoms with Crippen LogP contribution in [0.5, 0.6) is 0 Å². The third-order valence-electron chi connectivity index (χ3n) is 3.87. The van der Waals surface area contributed by atoms with E-state index in [0.717, 1.165) is 17.8 Å². The van der Waals surface area contributed by atoms with E-state index in [4.69, 9.17) is 4.74 Å². The molecule has 0 fully saturated rings. The molecule has 0 radical (unpaired) electrons. The van der Waals surface area contributed by atoms with Gasteiger partial charge in [0.2, 0.25) is 5.13 Å². The number of carbonyl (C=O) groups is 2. The highest BCUT2D eigenvalue weighted by atomic mass is 32.1. The van der Waals surface area contributed by atoms with Gasteiger partial charge < -0.3 is 4.74 Å². The predicted molar refractivity (Wildman–Crippen MR) is 93.7 cm³/mol. The van der Waals surface area contributed by atoms with Crippen molar-refractivity contribution < 1.29 is 14.3 Å². The standard InChI is InChI=1S/C16H19N3O3S2/c1-3-11(14(20)17-16-19-18-9(2)23-16)22-15(21)13-8-10-6-4-5-7-12(10)24-13/h8,11H,3-7H2,1-2H3,(H,17,19,20). The lowest BCUT2D eigenvalue weighted by molar-refractivity contribution is -0.124. The number of hydrogen-bond donors (Lipinski definition) is 1. The van der Waals surface area contributed by atoms with Gasteiger partial charge in [-0.25, -0.2) is 4.79 Å². The Labute approximate surface area is 148 Å². The molecular weight excluding hydrogens is 346 g/mol. The fraction of sp³-hybridized carbons (Fsp3) is 0.500. The maximum atomic E-state index is 12.4. The van der Waals surface area contributed by atoms with Crippen molar-refractivity contribution in [1.82, 2.24) is 10.2 Å². The maximum absolute atomic E-state index is 12.4. The topological polar surface area (TPSA) is 81.2 Å². The van der Waals surface area contributed by atoms with Gasteiger partial charge >= 0.3 is 5.97 Å². The van der Waals surface area contributed by atoms with Crippen LogP contribution >= 0.6 is 22.7 Å². The Kier molecular flexibility index (Phi) is 5.25. The molecule has 1 amide bonds. The lowest BCUT2D eigenvalue weighted by atomic mass is 9.99. The van der Waals surface area contributed by atoms with Crippen molar-refractivity contribution in [1.29, 1.82) is 0 Å². The number of nitrogens with one attached hydrogen (secondary N) is 1. The number of aromatic nitrogens is 2. The number of ether oxygens (including phenoxy) is 1. The first kappa shape index (κ1) is 17.0. The zero-order valence-electron chi connectivity index (χ0n) is 13.6. The van der Waals surface area contributed by atoms with Gasteiger partial charge in [-0.2, -0.15) is 0 Å². The summed E-state index contributed by atoms with van der Waals surface area (Å²) < 4.78 is 5.42. The Balaban J connectivity index is 1.64. The first-order chi connectivity index (χ1) is 11.6. The molecule has 1 aliphatic rings. The third kappa shape index (κ3) is 3.81. The molecule has 2 aromatic rings. The van der Waals surface area contributed by atoms with Crippen LogP contribution in [0, 0.1) is 6.92 Å². The zero-order valence-corrected chi connectivity index (χ0v) is 15.3. The van der Waals surface area contributed by atoms with E-state index in [-0.39, 0.29) is 5.91 Å². The van der Waals surface area contributed by atoms with Gasteiger partial charge in [0.25, 0.3) is 5.91 Å². The van der Waals surface area contributed by atoms with Crippen LogP contribution < -0.4 is 5.32 Å². The van der Waals surface area contributed by atoms with Gasteiger partial charge in [0.05, 0.1) is 0 Å². The minimum Gasteiger partial charge on any atom is -0.448 e. The molecule has 1 aliphatic carbocycles. The van der Waals surface area contributed by atoms with Crippen LogP contribution in [0.3, 0.4) is 0 Å². The van der Waals surface area contributed by atoms with Crippen molar-refractivity contribution in [2.45, 2.75) is 52.1 Å². The van der Waals surface area contributed by atoms with E-state index in [0.29, 0.717) is 16.4 Å². The lowest BCUT2D eigenvalue weighted by Gasteiger charge is -2.14. The summed E-state index contributed by atoms with van der Waals surface area (Å²) in [6.45, 7) is 3.62. The molecule has 8 heteroatoms. The number of rotatable bonds is 5. The number of amides is 1. The number of nitrogens with zero attached hydrogens (tertiary/aromatic N) is 2. The summed E-state index contributed by atoms with van der Waals surface area (Å²) in [6, 6.07) is 1.92. The van der Waals surface area contributed by atoms with Crippen molar-refractivity contribution in [3.63, 3.8) is 0 Å². The highest BCUT2D eigenvalue weighted by Gasteiger charge is 2.25. The molecule has 1 unspecified atom stereocenters. The SMILES string of the molecule is CCC(OC(=O)c1cc2c(s1)CCCC2)C(=O)Nc1nnc(C)s1. The molecular formula is C16H19N3O3S2. The summed E-state index contributed by atoms with van der Waals surface area (Å²) >= 11 is 2.77. The van der Waals surface area contributed by atoms with Gasteiger partial charge in [-0.05, 0) is 50.7 Å². The Morgan fingerprint density at radius 2 is 2.08 bits per heavy atom. The van der Waals surface area contributed by atoms with Gasteiger partial charge in [0.15, 0.2) is 6.10 Å². The quantitative estimate of drug-likeness (QED) is 0.822. The van der Waals surface area contributed by atoms with Crippen molar-refractivity contribution in [3.8, 4) is 0 Å². The van der Waals surface area contributed by atoms with Crippen molar-refractivity contribution >= 4 is 39.7 Å². The van der Waals surface area contributed by atoms with E-state index in [2.05, 4.69) is 15.5 Å². The van der Waals surface area contributed by atoms with Gasteiger partial charge in [0.1, 0.15) is 9.88 Å². The van der Waals surface area contributed by atoms with E-state index in [1.165, 1.54) is 46.0 Å². The fourth-order valence-electron chi connectivity index (χ4n) is 2.63. The molecule has 2 heterocycles. The van der Waals surface area contributed by atoms with E-state index in [9.17, 15) is 9.59 Å². The van der Waals surface area contributed by atoms with Gasteiger partial charge in [-0.3, -0.25) is 10.1 Å². The Morgan fingerprint density at radius 1 is 1.29 bits per heavy atom. The second-order valence-corrected chi connectivity index (χ2v) is 8.00. The minimum absolute atomic E-state index is 0.372. The monoisotopic (exact) mass is 365 g/mol. The van der Waals surface area contributed by atoms with E-state index >= 15 is 0 Å². The molecule has 0 bridgehead atoms. The summed E-state index contributed by atoms with van der Waals surface area (Å²) in [5, 5.41) is 11.5. The van der Waals surface area contributed by atoms with Crippen LogP contribution in [0.15, 0.2) is 6.07 Å². The largest absolute Gasteiger partial charge is 0.448 e. The van der Waals surface area contributed by atoms with Crippen molar-refractivity contribution in [2.24, 2.45) is 0 Å². The van der Waals surface area contributed by atoms with Gasteiger partial charge in [-0.15, -0.1) is 21.5 Å². The van der Waals surface area contributed by atoms with Crippen molar-refractivity contribution in [3.05, 3.63) is 26.4 Å². The highest BCUT2D eigenvalue weighted by molar-refractivity contribution is 7.15. The Bertz CT molecular complexity index is 730. The highest BCUT2D eigenvalue weighted by Crippen LogP contribution is 2.30. The molecule has 1 atom stereocenters. The number of thiophene rings is 1. The molecule has 0 spiro atoms. The molecule has 0 saturated heterocycles. The molecule has 24 heavy (non-hydrogen) atoms. The lowest BCUT2D eigenvalue weighted by Crippen LogP contribution is -2.31. The molecule has 128 valence electrons. The second kappa shape index (κ2) is 7.40. The predicted octanol–water partition coefficient (Wildman–Crippen LogP) is 3.36. The molecule has 0 aliphatic heterocycles.